The summed E-state index contributed by atoms with van der Waals surface area (Å²) < 4.78 is 0. The van der Waals surface area contributed by atoms with Gasteiger partial charge >= 0.3 is 0 Å². The first kappa shape index (κ1) is 15.6. The fourth-order valence-corrected chi connectivity index (χ4v) is 7.91. The molecule has 3 aliphatic rings. The predicted molar refractivity (Wildman–Crippen MR) is 93.0 cm³/mol. The molecule has 0 aromatic carbocycles. The molecule has 1 heteroatoms. The molecule has 0 aromatic heterocycles. The zero-order valence-corrected chi connectivity index (χ0v) is 15.0. The molecule has 0 atom stereocenters. The topological polar surface area (TPSA) is 0 Å². The molecule has 0 unspecified atom stereocenters. The third kappa shape index (κ3) is 2.31. The van der Waals surface area contributed by atoms with Crippen molar-refractivity contribution in [3.05, 3.63) is 83.7 Å². The van der Waals surface area contributed by atoms with Gasteiger partial charge in [-0.25, -0.2) is 0 Å². The van der Waals surface area contributed by atoms with E-state index in [4.69, 9.17) is 0 Å². The Balaban J connectivity index is 1.87. The molecule has 0 bridgehead atoms. The Hall–Kier alpha value is -0.303. The number of rotatable bonds is 2. The van der Waals surface area contributed by atoms with Gasteiger partial charge in [0.15, 0.2) is 0 Å². The number of hydrogen-bond acceptors (Lipinski definition) is 0. The lowest BCUT2D eigenvalue weighted by atomic mass is 9.92. The van der Waals surface area contributed by atoms with Crippen LogP contribution >= 0.6 is 0 Å². The van der Waals surface area contributed by atoms with Gasteiger partial charge in [0.1, 0.15) is 0 Å². The van der Waals surface area contributed by atoms with Gasteiger partial charge in [0.2, 0.25) is 0 Å². The van der Waals surface area contributed by atoms with Crippen LogP contribution in [0.25, 0.3) is 0 Å². The Morgan fingerprint density at radius 2 is 1.29 bits per heavy atom. The van der Waals surface area contributed by atoms with Crippen LogP contribution in [-0.2, 0) is 0 Å². The summed E-state index contributed by atoms with van der Waals surface area (Å²) in [6, 6.07) is 0. The molecule has 0 heterocycles. The molecule has 0 aliphatic heterocycles. The summed E-state index contributed by atoms with van der Waals surface area (Å²) in [4.78, 5) is 0. The van der Waals surface area contributed by atoms with Gasteiger partial charge in [0, 0.05) is 11.8 Å². The molecule has 0 saturated heterocycles. The maximum absolute atomic E-state index is 2.50. The van der Waals surface area contributed by atoms with Gasteiger partial charge in [-0.3, -0.25) is 0 Å². The van der Waals surface area contributed by atoms with Crippen molar-refractivity contribution in [2.24, 2.45) is 0 Å². The van der Waals surface area contributed by atoms with Crippen molar-refractivity contribution in [3.8, 4) is 0 Å². The zero-order chi connectivity index (χ0) is 15.4. The van der Waals surface area contributed by atoms with Crippen molar-refractivity contribution >= 4 is 8.07 Å². The molecular formula is C20H24Si. The quantitative estimate of drug-likeness (QED) is 0.628. The molecule has 0 nitrogen and oxygen atoms in total. The van der Waals surface area contributed by atoms with Crippen LogP contribution in [0.1, 0.15) is 27.7 Å². The van der Waals surface area contributed by atoms with Gasteiger partial charge in [-0.1, -0.05) is 65.1 Å². The summed E-state index contributed by atoms with van der Waals surface area (Å²) in [6.45, 7) is 14.2. The highest BCUT2D eigenvalue weighted by molar-refractivity contribution is 6.90. The van der Waals surface area contributed by atoms with Crippen molar-refractivity contribution in [1.82, 2.24) is 0 Å². The number of fused-ring (bicyclic) bond motifs is 1. The smallest absolute Gasteiger partial charge is 0.0634 e. The Kier molecular flexibility index (Phi) is 4.01. The van der Waals surface area contributed by atoms with Gasteiger partial charge in [-0.2, -0.15) is 0 Å². The molecule has 0 amide bonds. The minimum atomic E-state index is -1.67. The van der Waals surface area contributed by atoms with E-state index in [-0.39, 0.29) is 0 Å². The van der Waals surface area contributed by atoms with E-state index in [2.05, 4.69) is 77.9 Å². The van der Waals surface area contributed by atoms with Crippen LogP contribution in [0.3, 0.4) is 0 Å². The van der Waals surface area contributed by atoms with Gasteiger partial charge in [0.05, 0.1) is 8.07 Å². The standard InChI is InChI=1S/C20H24Si/c1-13-14(2)16(4)20(15(13)3)21(5,6)19-12-11-17-9-7-8-10-18(17)19/h7-12H,1-6H3. The van der Waals surface area contributed by atoms with Crippen LogP contribution in [0.15, 0.2) is 24.3 Å². The molecular weight excluding hydrogens is 268 g/mol. The lowest BCUT2D eigenvalue weighted by Crippen LogP contribution is -2.46. The van der Waals surface area contributed by atoms with Crippen LogP contribution in [0.5, 0.6) is 0 Å². The summed E-state index contributed by atoms with van der Waals surface area (Å²) >= 11 is 0. The first-order valence-electron chi connectivity index (χ1n) is 7.74. The maximum atomic E-state index is 2.50. The second kappa shape index (κ2) is 5.40. The molecule has 10 radical (unpaired) electrons. The largest absolute Gasteiger partial charge is 0.0762 e. The van der Waals surface area contributed by atoms with E-state index < -0.39 is 8.07 Å². The fourth-order valence-electron chi connectivity index (χ4n) is 3.99. The highest BCUT2D eigenvalue weighted by atomic mass is 28.3. The van der Waals surface area contributed by atoms with E-state index in [0.29, 0.717) is 0 Å². The normalized spacial score (nSPS) is 29.0. The lowest BCUT2D eigenvalue weighted by molar-refractivity contribution is 0.973. The summed E-state index contributed by atoms with van der Waals surface area (Å²) in [5.41, 5.74) is 3.23. The summed E-state index contributed by atoms with van der Waals surface area (Å²) in [6.07, 6.45) is 13.5. The molecule has 0 N–H and O–H groups in total. The molecule has 0 spiro atoms. The van der Waals surface area contributed by atoms with Gasteiger partial charge < -0.3 is 0 Å². The molecule has 2 saturated carbocycles. The van der Waals surface area contributed by atoms with E-state index in [1.807, 2.05) is 0 Å². The van der Waals surface area contributed by atoms with Gasteiger partial charge in [-0.05, 0) is 47.6 Å². The summed E-state index contributed by atoms with van der Waals surface area (Å²) in [5.74, 6) is 8.84. The average Bonchev–Trinajstić information content (AvgIpc) is 2.96. The van der Waals surface area contributed by atoms with Crippen molar-refractivity contribution in [3.63, 3.8) is 0 Å². The van der Waals surface area contributed by atoms with Crippen LogP contribution in [0.4, 0.5) is 0 Å². The van der Waals surface area contributed by atoms with E-state index in [0.717, 1.165) is 0 Å². The molecule has 3 aliphatic carbocycles. The first-order chi connectivity index (χ1) is 9.85. The number of hydrogen-bond donors (Lipinski definition) is 0. The second-order valence-electron chi connectivity index (χ2n) is 6.83. The van der Waals surface area contributed by atoms with Gasteiger partial charge in [0.25, 0.3) is 0 Å². The van der Waals surface area contributed by atoms with Crippen molar-refractivity contribution < 1.29 is 0 Å². The third-order valence-corrected chi connectivity index (χ3v) is 9.20. The predicted octanol–water partition coefficient (Wildman–Crippen LogP) is 5.01. The minimum absolute atomic E-state index is 1.38. The summed E-state index contributed by atoms with van der Waals surface area (Å²) in [5, 5.41) is 0. The molecule has 21 heavy (non-hydrogen) atoms. The monoisotopic (exact) mass is 292 g/mol. The minimum Gasteiger partial charge on any atom is -0.0762 e. The van der Waals surface area contributed by atoms with Crippen molar-refractivity contribution in [2.45, 2.75) is 40.8 Å². The molecule has 0 aromatic rings. The van der Waals surface area contributed by atoms with Crippen molar-refractivity contribution in [2.75, 3.05) is 0 Å². The van der Waals surface area contributed by atoms with Crippen LogP contribution in [0, 0.1) is 59.4 Å². The number of allylic oxidation sites excluding steroid dienone is 4. The van der Waals surface area contributed by atoms with Crippen molar-refractivity contribution in [1.29, 1.82) is 0 Å². The van der Waals surface area contributed by atoms with Gasteiger partial charge in [-0.15, -0.1) is 0 Å². The van der Waals surface area contributed by atoms with E-state index in [9.17, 15) is 0 Å². The fraction of sp³-hybridized carbons (Fsp3) is 0.300. The van der Waals surface area contributed by atoms with Crippen LogP contribution in [-0.4, -0.2) is 8.07 Å². The SMILES string of the molecule is C[C]1[C](C)[C](C)[C]([Si](C)(C)[C]2[CH][CH][C]3C=CC=C[C]32)[C]1C. The highest BCUT2D eigenvalue weighted by Gasteiger charge is 2.56. The zero-order valence-electron chi connectivity index (χ0n) is 14.0. The van der Waals surface area contributed by atoms with E-state index >= 15 is 0 Å². The lowest BCUT2D eigenvalue weighted by Gasteiger charge is -2.42. The van der Waals surface area contributed by atoms with Crippen LogP contribution in [0.2, 0.25) is 13.1 Å². The Bertz CT molecular complexity index is 433. The van der Waals surface area contributed by atoms with E-state index in [1.165, 1.54) is 35.5 Å². The third-order valence-electron chi connectivity index (χ3n) is 5.42. The molecule has 3 rings (SSSR count). The van der Waals surface area contributed by atoms with E-state index in [1.54, 1.807) is 11.1 Å². The Labute approximate surface area is 133 Å². The Morgan fingerprint density at radius 1 is 0.714 bits per heavy atom. The first-order valence-corrected chi connectivity index (χ1v) is 10.7. The Morgan fingerprint density at radius 3 is 1.90 bits per heavy atom. The average molecular weight is 292 g/mol. The molecule has 108 valence electrons. The molecule has 2 fully saturated rings. The van der Waals surface area contributed by atoms with Crippen LogP contribution < -0.4 is 0 Å². The maximum Gasteiger partial charge on any atom is 0.0634 e. The highest BCUT2D eigenvalue weighted by Crippen LogP contribution is 2.60. The second-order valence-corrected chi connectivity index (χ2v) is 11.1. The summed E-state index contributed by atoms with van der Waals surface area (Å²) in [7, 11) is -1.67.